The number of hydrogen-bond acceptors (Lipinski definition) is 5. The zero-order valence-corrected chi connectivity index (χ0v) is 16.4. The third-order valence-corrected chi connectivity index (χ3v) is 5.15. The molecule has 7 nitrogen and oxygen atoms in total. The molecule has 3 heterocycles. The van der Waals surface area contributed by atoms with Crippen molar-refractivity contribution in [2.24, 2.45) is 0 Å². The average molecular weight is 376 g/mol. The van der Waals surface area contributed by atoms with Gasteiger partial charge in [0.15, 0.2) is 0 Å². The van der Waals surface area contributed by atoms with Gasteiger partial charge in [-0.3, -0.25) is 9.89 Å². The standard InChI is InChI=1S/C21H24N6O/c1-14-17(13-22-21(23-14)26(2)3)20(28)27-11-9-16-18(10-12-27)24-25-19(16)15-7-5-4-6-8-15/h4-8,13H,9-12H2,1-3H3,(H,24,25). The third kappa shape index (κ3) is 3.35. The lowest BCUT2D eigenvalue weighted by molar-refractivity contribution is 0.0761. The van der Waals surface area contributed by atoms with Crippen molar-refractivity contribution in [1.29, 1.82) is 0 Å². The van der Waals surface area contributed by atoms with E-state index in [2.05, 4.69) is 32.3 Å². The molecular formula is C21H24N6O. The van der Waals surface area contributed by atoms with Gasteiger partial charge in [0.1, 0.15) is 0 Å². The quantitative estimate of drug-likeness (QED) is 0.760. The van der Waals surface area contributed by atoms with Crippen LogP contribution in [0.1, 0.15) is 27.3 Å². The molecule has 0 saturated carbocycles. The normalized spacial score (nSPS) is 13.8. The third-order valence-electron chi connectivity index (χ3n) is 5.15. The number of anilines is 1. The van der Waals surface area contributed by atoms with Crippen molar-refractivity contribution in [2.75, 3.05) is 32.1 Å². The van der Waals surface area contributed by atoms with Gasteiger partial charge in [-0.05, 0) is 13.3 Å². The summed E-state index contributed by atoms with van der Waals surface area (Å²) in [6.45, 7) is 3.16. The zero-order valence-electron chi connectivity index (χ0n) is 16.4. The lowest BCUT2D eigenvalue weighted by Gasteiger charge is -2.21. The van der Waals surface area contributed by atoms with Gasteiger partial charge in [-0.15, -0.1) is 0 Å². The van der Waals surface area contributed by atoms with Crippen molar-refractivity contribution in [3.8, 4) is 11.3 Å². The summed E-state index contributed by atoms with van der Waals surface area (Å²) in [6, 6.07) is 10.2. The molecule has 0 saturated heterocycles. The van der Waals surface area contributed by atoms with E-state index in [1.165, 1.54) is 5.56 Å². The minimum absolute atomic E-state index is 0.0119. The van der Waals surface area contributed by atoms with Crippen LogP contribution < -0.4 is 4.90 Å². The summed E-state index contributed by atoms with van der Waals surface area (Å²) < 4.78 is 0. The molecule has 0 unspecified atom stereocenters. The van der Waals surface area contributed by atoms with Crippen LogP contribution in [-0.4, -0.2) is 58.2 Å². The number of aromatic amines is 1. The summed E-state index contributed by atoms with van der Waals surface area (Å²) in [6.07, 6.45) is 3.18. The maximum Gasteiger partial charge on any atom is 0.257 e. The van der Waals surface area contributed by atoms with Gasteiger partial charge in [0.2, 0.25) is 5.95 Å². The van der Waals surface area contributed by atoms with Crippen LogP contribution in [0.2, 0.25) is 0 Å². The second kappa shape index (κ2) is 7.42. The molecule has 0 bridgehead atoms. The largest absolute Gasteiger partial charge is 0.347 e. The van der Waals surface area contributed by atoms with Gasteiger partial charge in [0.05, 0.1) is 17.0 Å². The van der Waals surface area contributed by atoms with Gasteiger partial charge >= 0.3 is 0 Å². The Balaban J connectivity index is 1.55. The molecule has 7 heteroatoms. The van der Waals surface area contributed by atoms with Crippen molar-refractivity contribution < 1.29 is 4.79 Å². The Morgan fingerprint density at radius 2 is 1.89 bits per heavy atom. The molecule has 1 N–H and O–H groups in total. The SMILES string of the molecule is Cc1nc(N(C)C)ncc1C(=O)N1CCc2[nH]nc(-c3ccccc3)c2CC1. The fraction of sp³-hybridized carbons (Fsp3) is 0.333. The number of nitrogens with zero attached hydrogens (tertiary/aromatic N) is 5. The molecule has 0 atom stereocenters. The van der Waals surface area contributed by atoms with E-state index in [-0.39, 0.29) is 5.91 Å². The highest BCUT2D eigenvalue weighted by Gasteiger charge is 2.25. The van der Waals surface area contributed by atoms with Crippen molar-refractivity contribution in [3.05, 3.63) is 59.0 Å². The maximum atomic E-state index is 13.1. The van der Waals surface area contributed by atoms with E-state index in [0.717, 1.165) is 29.8 Å². The van der Waals surface area contributed by atoms with Crippen molar-refractivity contribution in [3.63, 3.8) is 0 Å². The van der Waals surface area contributed by atoms with Crippen LogP contribution in [0.15, 0.2) is 36.5 Å². The van der Waals surface area contributed by atoms with E-state index in [1.54, 1.807) is 6.20 Å². The number of amides is 1. The van der Waals surface area contributed by atoms with Crippen LogP contribution in [0.5, 0.6) is 0 Å². The highest BCUT2D eigenvalue weighted by atomic mass is 16.2. The molecule has 1 aromatic carbocycles. The number of rotatable bonds is 3. The summed E-state index contributed by atoms with van der Waals surface area (Å²) in [7, 11) is 3.77. The first kappa shape index (κ1) is 18.2. The molecule has 0 aliphatic carbocycles. The second-order valence-electron chi connectivity index (χ2n) is 7.25. The Hall–Kier alpha value is -3.22. The summed E-state index contributed by atoms with van der Waals surface area (Å²) in [5.74, 6) is 0.598. The Kier molecular flexibility index (Phi) is 4.81. The number of H-pyrrole nitrogens is 1. The first-order valence-electron chi connectivity index (χ1n) is 9.46. The van der Waals surface area contributed by atoms with Crippen molar-refractivity contribution >= 4 is 11.9 Å². The lowest BCUT2D eigenvalue weighted by Crippen LogP contribution is -2.34. The molecule has 1 aliphatic rings. The number of aromatic nitrogens is 4. The molecule has 144 valence electrons. The summed E-state index contributed by atoms with van der Waals surface area (Å²) in [5.41, 5.74) is 5.68. The summed E-state index contributed by atoms with van der Waals surface area (Å²) in [5, 5.41) is 7.70. The van der Waals surface area contributed by atoms with E-state index in [0.29, 0.717) is 30.3 Å². The monoisotopic (exact) mass is 376 g/mol. The van der Waals surface area contributed by atoms with Gasteiger partial charge < -0.3 is 9.80 Å². The van der Waals surface area contributed by atoms with Gasteiger partial charge in [0.25, 0.3) is 5.91 Å². The Morgan fingerprint density at radius 1 is 1.14 bits per heavy atom. The zero-order chi connectivity index (χ0) is 19.7. The van der Waals surface area contributed by atoms with E-state index in [4.69, 9.17) is 0 Å². The smallest absolute Gasteiger partial charge is 0.257 e. The molecule has 1 amide bonds. The first-order valence-corrected chi connectivity index (χ1v) is 9.46. The van der Waals surface area contributed by atoms with Gasteiger partial charge in [-0.2, -0.15) is 5.10 Å². The minimum atomic E-state index is -0.0119. The van der Waals surface area contributed by atoms with Crippen LogP contribution in [0.3, 0.4) is 0 Å². The van der Waals surface area contributed by atoms with Crippen LogP contribution in [-0.2, 0) is 12.8 Å². The molecule has 28 heavy (non-hydrogen) atoms. The maximum absolute atomic E-state index is 13.1. The Morgan fingerprint density at radius 3 is 2.61 bits per heavy atom. The number of aryl methyl sites for hydroxylation is 1. The number of carbonyl (C=O) groups is 1. The Labute approximate surface area is 164 Å². The molecular weight excluding hydrogens is 352 g/mol. The van der Waals surface area contributed by atoms with Crippen LogP contribution in [0, 0.1) is 6.92 Å². The second-order valence-corrected chi connectivity index (χ2v) is 7.25. The fourth-order valence-electron chi connectivity index (χ4n) is 3.57. The molecule has 0 radical (unpaired) electrons. The molecule has 1 aliphatic heterocycles. The molecule has 4 rings (SSSR count). The summed E-state index contributed by atoms with van der Waals surface area (Å²) >= 11 is 0. The molecule has 0 spiro atoms. The topological polar surface area (TPSA) is 78.0 Å². The van der Waals surface area contributed by atoms with Crippen LogP contribution in [0.4, 0.5) is 5.95 Å². The predicted molar refractivity (Wildman–Crippen MR) is 108 cm³/mol. The van der Waals surface area contributed by atoms with Gasteiger partial charge in [-0.25, -0.2) is 9.97 Å². The average Bonchev–Trinajstić information content (AvgIpc) is 2.99. The number of hydrogen-bond donors (Lipinski definition) is 1. The predicted octanol–water partition coefficient (Wildman–Crippen LogP) is 2.48. The van der Waals surface area contributed by atoms with E-state index >= 15 is 0 Å². The van der Waals surface area contributed by atoms with E-state index < -0.39 is 0 Å². The lowest BCUT2D eigenvalue weighted by atomic mass is 10.0. The van der Waals surface area contributed by atoms with Crippen molar-refractivity contribution in [2.45, 2.75) is 19.8 Å². The highest BCUT2D eigenvalue weighted by Crippen LogP contribution is 2.27. The molecule has 0 fully saturated rings. The minimum Gasteiger partial charge on any atom is -0.347 e. The highest BCUT2D eigenvalue weighted by molar-refractivity contribution is 5.95. The first-order chi connectivity index (χ1) is 13.5. The van der Waals surface area contributed by atoms with Crippen molar-refractivity contribution in [1.82, 2.24) is 25.1 Å². The number of carbonyl (C=O) groups excluding carboxylic acids is 1. The summed E-state index contributed by atoms with van der Waals surface area (Å²) in [4.78, 5) is 25.6. The molecule has 3 aromatic rings. The number of benzene rings is 1. The van der Waals surface area contributed by atoms with Gasteiger partial charge in [0, 0.05) is 56.6 Å². The van der Waals surface area contributed by atoms with Crippen LogP contribution >= 0.6 is 0 Å². The number of fused-ring (bicyclic) bond motifs is 1. The fourth-order valence-corrected chi connectivity index (χ4v) is 3.57. The van der Waals surface area contributed by atoms with Crippen LogP contribution in [0.25, 0.3) is 11.3 Å². The van der Waals surface area contributed by atoms with E-state index in [9.17, 15) is 4.79 Å². The number of nitrogens with one attached hydrogen (secondary N) is 1. The molecule has 2 aromatic heterocycles. The van der Waals surface area contributed by atoms with E-state index in [1.807, 2.05) is 49.0 Å². The Bertz CT molecular complexity index is 995. The van der Waals surface area contributed by atoms with Gasteiger partial charge in [-0.1, -0.05) is 30.3 Å².